The third-order valence-corrected chi connectivity index (χ3v) is 2.12. The van der Waals surface area contributed by atoms with Crippen LogP contribution in [0.1, 0.15) is 5.56 Å². The van der Waals surface area contributed by atoms with Gasteiger partial charge < -0.3 is 5.21 Å². The Morgan fingerprint density at radius 3 is 2.73 bits per heavy atom. The number of hydrazone groups is 1. The summed E-state index contributed by atoms with van der Waals surface area (Å²) in [7, 11) is 0. The van der Waals surface area contributed by atoms with E-state index in [-0.39, 0.29) is 4.85 Å². The van der Waals surface area contributed by atoms with Crippen LogP contribution in [0.3, 0.4) is 0 Å². The van der Waals surface area contributed by atoms with Gasteiger partial charge >= 0.3 is 5.96 Å². The van der Waals surface area contributed by atoms with E-state index in [4.69, 9.17) is 11.5 Å². The molecule has 0 fully saturated rings. The van der Waals surface area contributed by atoms with Crippen molar-refractivity contribution < 1.29 is 9.24 Å². The number of rotatable bonds is 2. The summed E-state index contributed by atoms with van der Waals surface area (Å²) < 4.78 is 13.3. The van der Waals surface area contributed by atoms with Crippen molar-refractivity contribution in [1.29, 1.82) is 0 Å². The summed E-state index contributed by atoms with van der Waals surface area (Å²) >= 11 is 3.00. The summed E-state index contributed by atoms with van der Waals surface area (Å²) in [5, 5.41) is 14.1. The second kappa shape index (κ2) is 4.74. The maximum atomic E-state index is 13.0. The molecule has 4 N–H and O–H groups in total. The molecule has 5 nitrogen and oxygen atoms in total. The topological polar surface area (TPSA) is 90.5 Å². The standard InChI is InChI=1S/C8H8BrFN4O/c9-6-2-1-5(3-7(6)10)4-13-14(15)8(11)12/h1-4H,11-12H2. The number of guanidine groups is 1. The molecule has 0 aliphatic carbocycles. The van der Waals surface area contributed by atoms with E-state index in [1.807, 2.05) is 0 Å². The van der Waals surface area contributed by atoms with Crippen LogP contribution in [0, 0.1) is 11.0 Å². The van der Waals surface area contributed by atoms with E-state index in [0.717, 1.165) is 6.21 Å². The number of hydrogen-bond acceptors (Lipinski definition) is 2. The molecule has 0 bridgehead atoms. The van der Waals surface area contributed by atoms with Gasteiger partial charge in [-0.1, -0.05) is 6.07 Å². The normalized spacial score (nSPS) is 10.5. The summed E-state index contributed by atoms with van der Waals surface area (Å²) in [5.74, 6) is -0.926. The highest BCUT2D eigenvalue weighted by molar-refractivity contribution is 9.10. The van der Waals surface area contributed by atoms with Crippen LogP contribution in [-0.2, 0) is 0 Å². The van der Waals surface area contributed by atoms with Crippen LogP contribution in [0.5, 0.6) is 0 Å². The lowest BCUT2D eigenvalue weighted by Crippen LogP contribution is -2.30. The van der Waals surface area contributed by atoms with Crippen LogP contribution in [0.4, 0.5) is 4.39 Å². The predicted molar refractivity (Wildman–Crippen MR) is 58.7 cm³/mol. The van der Waals surface area contributed by atoms with Crippen molar-refractivity contribution in [1.82, 2.24) is 0 Å². The van der Waals surface area contributed by atoms with Crippen LogP contribution in [0.15, 0.2) is 27.8 Å². The highest BCUT2D eigenvalue weighted by atomic mass is 79.9. The van der Waals surface area contributed by atoms with Gasteiger partial charge in [0.15, 0.2) is 0 Å². The molecule has 80 valence electrons. The first-order valence-electron chi connectivity index (χ1n) is 3.85. The van der Waals surface area contributed by atoms with E-state index in [1.54, 1.807) is 6.07 Å². The third kappa shape index (κ3) is 3.21. The number of hydrogen-bond donors (Lipinski definition) is 2. The molecule has 0 aromatic heterocycles. The monoisotopic (exact) mass is 274 g/mol. The van der Waals surface area contributed by atoms with Crippen molar-refractivity contribution in [3.63, 3.8) is 0 Å². The molecule has 0 radical (unpaired) electrons. The van der Waals surface area contributed by atoms with E-state index in [2.05, 4.69) is 21.0 Å². The lowest BCUT2D eigenvalue weighted by atomic mass is 10.2. The van der Waals surface area contributed by atoms with E-state index in [9.17, 15) is 9.60 Å². The number of nitrogens with zero attached hydrogens (tertiary/aromatic N) is 2. The second-order valence-corrected chi connectivity index (χ2v) is 3.47. The molecule has 0 spiro atoms. The largest absolute Gasteiger partial charge is 0.722 e. The minimum Gasteiger partial charge on any atom is -0.722 e. The zero-order valence-electron chi connectivity index (χ0n) is 7.52. The molecular formula is C8H8BrFN4O. The molecular weight excluding hydrogens is 267 g/mol. The molecule has 0 heterocycles. The molecule has 1 aromatic rings. The maximum Gasteiger partial charge on any atom is 0.366 e. The van der Waals surface area contributed by atoms with Crippen molar-refractivity contribution in [2.75, 3.05) is 0 Å². The average Bonchev–Trinajstić information content (AvgIpc) is 2.19. The van der Waals surface area contributed by atoms with Gasteiger partial charge in [-0.2, -0.15) is 0 Å². The molecule has 15 heavy (non-hydrogen) atoms. The predicted octanol–water partition coefficient (Wildman–Crippen LogP) is 0.706. The first kappa shape index (κ1) is 11.4. The number of benzene rings is 1. The van der Waals surface area contributed by atoms with Gasteiger partial charge in [0.25, 0.3) is 0 Å². The highest BCUT2D eigenvalue weighted by Gasteiger charge is 1.98. The molecule has 0 unspecified atom stereocenters. The molecule has 0 aliphatic rings. The fourth-order valence-electron chi connectivity index (χ4n) is 0.778. The van der Waals surface area contributed by atoms with Gasteiger partial charge in [0.05, 0.1) is 10.7 Å². The van der Waals surface area contributed by atoms with Crippen molar-refractivity contribution in [2.45, 2.75) is 0 Å². The van der Waals surface area contributed by atoms with Crippen LogP contribution in [0.25, 0.3) is 0 Å². The van der Waals surface area contributed by atoms with Gasteiger partial charge in [-0.05, 0) is 33.6 Å². The lowest BCUT2D eigenvalue weighted by molar-refractivity contribution is -0.463. The zero-order chi connectivity index (χ0) is 11.4. The van der Waals surface area contributed by atoms with E-state index < -0.39 is 11.8 Å². The Hall–Kier alpha value is -1.63. The minimum atomic E-state index is -0.483. The van der Waals surface area contributed by atoms with E-state index >= 15 is 0 Å². The van der Waals surface area contributed by atoms with Crippen LogP contribution < -0.4 is 11.5 Å². The third-order valence-electron chi connectivity index (χ3n) is 1.48. The lowest BCUT2D eigenvalue weighted by Gasteiger charge is -2.02. The Morgan fingerprint density at radius 2 is 2.20 bits per heavy atom. The number of nitrogens with two attached hydrogens (primary N) is 2. The summed E-state index contributed by atoms with van der Waals surface area (Å²) in [5.41, 5.74) is 10.4. The molecule has 0 atom stereocenters. The minimum absolute atomic E-state index is 0.0416. The van der Waals surface area contributed by atoms with Gasteiger partial charge in [-0.3, -0.25) is 11.5 Å². The van der Waals surface area contributed by atoms with Gasteiger partial charge in [-0.15, -0.1) is 9.95 Å². The molecule has 0 aliphatic heterocycles. The van der Waals surface area contributed by atoms with Crippen LogP contribution in [-0.4, -0.2) is 17.0 Å². The maximum absolute atomic E-state index is 13.0. The van der Waals surface area contributed by atoms with Crippen LogP contribution >= 0.6 is 15.9 Å². The average molecular weight is 275 g/mol. The van der Waals surface area contributed by atoms with Gasteiger partial charge in [0, 0.05) is 0 Å². The van der Waals surface area contributed by atoms with E-state index in [0.29, 0.717) is 10.0 Å². The molecule has 0 amide bonds. The molecule has 1 rings (SSSR count). The Labute approximate surface area is 93.6 Å². The van der Waals surface area contributed by atoms with Gasteiger partial charge in [0.2, 0.25) is 0 Å². The van der Waals surface area contributed by atoms with Gasteiger partial charge in [-0.25, -0.2) is 4.39 Å². The first-order valence-corrected chi connectivity index (χ1v) is 4.64. The van der Waals surface area contributed by atoms with Crippen molar-refractivity contribution in [3.05, 3.63) is 39.3 Å². The molecule has 0 saturated carbocycles. The van der Waals surface area contributed by atoms with E-state index in [1.165, 1.54) is 12.1 Å². The summed E-state index contributed by atoms with van der Waals surface area (Å²) in [6, 6.07) is 4.30. The highest BCUT2D eigenvalue weighted by Crippen LogP contribution is 2.15. The first-order chi connectivity index (χ1) is 7.00. The molecule has 7 heteroatoms. The quantitative estimate of drug-likeness (QED) is 0.274. The van der Waals surface area contributed by atoms with Crippen molar-refractivity contribution in [2.24, 2.45) is 16.6 Å². The van der Waals surface area contributed by atoms with Gasteiger partial charge in [0.1, 0.15) is 5.82 Å². The summed E-state index contributed by atoms with van der Waals surface area (Å²) in [6.45, 7) is 0. The van der Waals surface area contributed by atoms with Crippen LogP contribution in [0.2, 0.25) is 0 Å². The fourth-order valence-corrected chi connectivity index (χ4v) is 1.03. The Bertz CT molecular complexity index is 429. The summed E-state index contributed by atoms with van der Waals surface area (Å²) in [6.07, 6.45) is 1.15. The second-order valence-electron chi connectivity index (χ2n) is 2.62. The smallest absolute Gasteiger partial charge is 0.366 e. The molecule has 1 aromatic carbocycles. The number of halogens is 2. The SMILES string of the molecule is NC(N)=[N+]([O-])N=Cc1ccc(Br)c(F)c1. The van der Waals surface area contributed by atoms with Crippen molar-refractivity contribution in [3.8, 4) is 0 Å². The Morgan fingerprint density at radius 1 is 1.53 bits per heavy atom. The fraction of sp³-hybridized carbons (Fsp3) is 0. The molecule has 0 saturated heterocycles. The Kier molecular flexibility index (Phi) is 3.62. The Balaban J connectivity index is 2.91. The summed E-state index contributed by atoms with van der Waals surface area (Å²) in [4.78, 5) is 0.0416. The van der Waals surface area contributed by atoms with Crippen molar-refractivity contribution >= 4 is 28.1 Å². The zero-order valence-corrected chi connectivity index (χ0v) is 9.11.